The third kappa shape index (κ3) is 6.40. The van der Waals surface area contributed by atoms with Gasteiger partial charge in [-0.15, -0.1) is 0 Å². The van der Waals surface area contributed by atoms with E-state index in [-0.39, 0.29) is 45.7 Å². The van der Waals surface area contributed by atoms with E-state index >= 15 is 0 Å². The number of nitrogens with one attached hydrogen (secondary N) is 2. The molecule has 3 aromatic carbocycles. The van der Waals surface area contributed by atoms with Crippen LogP contribution in [0.3, 0.4) is 0 Å². The molecular formula is C35H33F3N4O6. The van der Waals surface area contributed by atoms with Crippen LogP contribution in [0, 0.1) is 5.92 Å². The summed E-state index contributed by atoms with van der Waals surface area (Å²) >= 11 is 0. The first-order valence-electron chi connectivity index (χ1n) is 15.2. The number of aromatic nitrogens is 1. The van der Waals surface area contributed by atoms with Crippen molar-refractivity contribution in [2.24, 2.45) is 5.92 Å². The van der Waals surface area contributed by atoms with Gasteiger partial charge in [0.05, 0.1) is 38.3 Å². The molecule has 0 saturated carbocycles. The second-order valence-corrected chi connectivity index (χ2v) is 11.7. The van der Waals surface area contributed by atoms with Gasteiger partial charge in [-0.3, -0.25) is 14.4 Å². The van der Waals surface area contributed by atoms with Gasteiger partial charge < -0.3 is 34.3 Å². The molecule has 250 valence electrons. The summed E-state index contributed by atoms with van der Waals surface area (Å²) < 4.78 is 57.9. The van der Waals surface area contributed by atoms with Crippen molar-refractivity contribution in [3.63, 3.8) is 0 Å². The van der Waals surface area contributed by atoms with Gasteiger partial charge in [-0.25, -0.2) is 0 Å². The van der Waals surface area contributed by atoms with Crippen molar-refractivity contribution in [1.29, 1.82) is 0 Å². The van der Waals surface area contributed by atoms with Crippen molar-refractivity contribution in [2.75, 3.05) is 50.0 Å². The van der Waals surface area contributed by atoms with Crippen molar-refractivity contribution in [3.05, 3.63) is 106 Å². The van der Waals surface area contributed by atoms with Gasteiger partial charge in [0.1, 0.15) is 0 Å². The number of nitrogens with zero attached hydrogens (tertiary/aromatic N) is 2. The van der Waals surface area contributed by atoms with E-state index < -0.39 is 23.6 Å². The summed E-state index contributed by atoms with van der Waals surface area (Å²) in [5, 5.41) is 5.46. The highest BCUT2D eigenvalue weighted by Crippen LogP contribution is 2.41. The van der Waals surface area contributed by atoms with Crippen molar-refractivity contribution in [1.82, 2.24) is 4.57 Å². The average molecular weight is 663 g/mol. The Morgan fingerprint density at radius 1 is 0.792 bits per heavy atom. The van der Waals surface area contributed by atoms with Gasteiger partial charge in [-0.05, 0) is 66.9 Å². The molecule has 2 N–H and O–H groups in total. The summed E-state index contributed by atoms with van der Waals surface area (Å²) in [4.78, 5) is 41.8. The van der Waals surface area contributed by atoms with Crippen LogP contribution in [0.2, 0.25) is 0 Å². The van der Waals surface area contributed by atoms with Gasteiger partial charge >= 0.3 is 6.18 Å². The summed E-state index contributed by atoms with van der Waals surface area (Å²) in [6.45, 7) is 1.72. The smallest absolute Gasteiger partial charge is 0.416 e. The van der Waals surface area contributed by atoms with E-state index in [9.17, 15) is 27.6 Å². The number of hydrogen-bond acceptors (Lipinski definition) is 7. The lowest BCUT2D eigenvalue weighted by molar-refractivity contribution is -0.137. The second-order valence-electron chi connectivity index (χ2n) is 11.7. The molecule has 48 heavy (non-hydrogen) atoms. The summed E-state index contributed by atoms with van der Waals surface area (Å²) in [5.41, 5.74) is 1.26. The van der Waals surface area contributed by atoms with Crippen LogP contribution >= 0.6 is 0 Å². The number of ether oxygens (including phenoxy) is 3. The average Bonchev–Trinajstić information content (AvgIpc) is 3.07. The Labute approximate surface area is 274 Å². The SMILES string of the molecule is COc1cc(C(=O)Nc2cc(C(=O)Nc3cccc(C(F)(F)F)c3)ccc2N2C[C@H]3C[C@@H](C2)c2cccc(=O)n2C3)cc(OC)c1OC. The molecule has 2 aliphatic rings. The molecule has 3 heterocycles. The Hall–Kier alpha value is -5.46. The molecule has 6 rings (SSSR count). The lowest BCUT2D eigenvalue weighted by Gasteiger charge is -2.44. The lowest BCUT2D eigenvalue weighted by Crippen LogP contribution is -2.47. The maximum Gasteiger partial charge on any atom is 0.416 e. The molecule has 0 unspecified atom stereocenters. The minimum atomic E-state index is -4.58. The fourth-order valence-electron chi connectivity index (χ4n) is 6.53. The Kier molecular flexibility index (Phi) is 8.78. The quantitative estimate of drug-likeness (QED) is 0.237. The minimum absolute atomic E-state index is 0.0281. The molecule has 2 bridgehead atoms. The Balaban J connectivity index is 1.35. The van der Waals surface area contributed by atoms with Crippen LogP contribution in [0.15, 0.2) is 77.6 Å². The van der Waals surface area contributed by atoms with Gasteiger partial charge in [-0.1, -0.05) is 12.1 Å². The zero-order valence-electron chi connectivity index (χ0n) is 26.4. The fourth-order valence-corrected chi connectivity index (χ4v) is 6.53. The molecule has 1 saturated heterocycles. The molecule has 4 aromatic rings. The Morgan fingerprint density at radius 2 is 1.50 bits per heavy atom. The first-order valence-corrected chi connectivity index (χ1v) is 15.2. The number of pyridine rings is 1. The number of rotatable bonds is 8. The number of carbonyl (C=O) groups excluding carboxylic acids is 2. The molecular weight excluding hydrogens is 629 g/mol. The topological polar surface area (TPSA) is 111 Å². The number of fused-ring (bicyclic) bond motifs is 4. The van der Waals surface area contributed by atoms with Gasteiger partial charge in [-0.2, -0.15) is 13.2 Å². The predicted octanol–water partition coefficient (Wildman–Crippen LogP) is 6.02. The van der Waals surface area contributed by atoms with Gasteiger partial charge in [0.2, 0.25) is 5.75 Å². The number of methoxy groups -OCH3 is 3. The van der Waals surface area contributed by atoms with Crippen LogP contribution in [-0.4, -0.2) is 50.8 Å². The molecule has 10 nitrogen and oxygen atoms in total. The molecule has 0 spiro atoms. The highest BCUT2D eigenvalue weighted by molar-refractivity contribution is 6.09. The number of alkyl halides is 3. The molecule has 2 amide bonds. The summed E-state index contributed by atoms with van der Waals surface area (Å²) in [6.07, 6.45) is -3.67. The maximum absolute atomic E-state index is 13.8. The lowest BCUT2D eigenvalue weighted by atomic mass is 9.83. The molecule has 2 atom stereocenters. The first kappa shape index (κ1) is 32.5. The van der Waals surface area contributed by atoms with Crippen LogP contribution in [0.25, 0.3) is 0 Å². The van der Waals surface area contributed by atoms with Gasteiger partial charge in [0.25, 0.3) is 17.4 Å². The third-order valence-electron chi connectivity index (χ3n) is 8.70. The highest BCUT2D eigenvalue weighted by atomic mass is 19.4. The number of anilines is 3. The van der Waals surface area contributed by atoms with Crippen LogP contribution < -0.4 is 35.3 Å². The number of hydrogen-bond donors (Lipinski definition) is 2. The van der Waals surface area contributed by atoms with E-state index in [1.807, 2.05) is 10.6 Å². The molecule has 13 heteroatoms. The van der Waals surface area contributed by atoms with E-state index in [1.54, 1.807) is 24.3 Å². The summed E-state index contributed by atoms with van der Waals surface area (Å²) in [6, 6.07) is 17.4. The zero-order chi connectivity index (χ0) is 34.2. The second kappa shape index (κ2) is 13.0. The van der Waals surface area contributed by atoms with E-state index in [2.05, 4.69) is 15.5 Å². The van der Waals surface area contributed by atoms with Crippen LogP contribution in [0.1, 0.15) is 44.3 Å². The monoisotopic (exact) mass is 662 g/mol. The summed E-state index contributed by atoms with van der Waals surface area (Å²) in [5.74, 6) is -0.103. The zero-order valence-corrected chi connectivity index (χ0v) is 26.4. The highest BCUT2D eigenvalue weighted by Gasteiger charge is 2.36. The van der Waals surface area contributed by atoms with Crippen LogP contribution in [0.5, 0.6) is 17.2 Å². The van der Waals surface area contributed by atoms with Gasteiger partial charge in [0.15, 0.2) is 11.5 Å². The third-order valence-corrected chi connectivity index (χ3v) is 8.70. The van der Waals surface area contributed by atoms with Crippen molar-refractivity contribution < 1.29 is 37.0 Å². The van der Waals surface area contributed by atoms with Crippen LogP contribution in [-0.2, 0) is 12.7 Å². The number of carbonyl (C=O) groups is 2. The standard InChI is InChI=1S/C35H33F3N4O6/c1-46-29-14-22(15-30(47-2)32(29)48-3)34(45)40-26-13-21(33(44)39-25-7-4-6-24(16-25)35(36,37)38)10-11-28(26)41-17-20-12-23(19-41)27-8-5-9-31(43)42(27)18-20/h4-11,13-16,20,23H,12,17-19H2,1-3H3,(H,39,44)(H,40,45)/t20-,23+/m1/s1. The van der Waals surface area contributed by atoms with Crippen molar-refractivity contribution in [2.45, 2.75) is 25.1 Å². The van der Waals surface area contributed by atoms with Crippen molar-refractivity contribution in [3.8, 4) is 17.2 Å². The summed E-state index contributed by atoms with van der Waals surface area (Å²) in [7, 11) is 4.32. The van der Waals surface area contributed by atoms with Gasteiger partial charge in [0, 0.05) is 54.1 Å². The molecule has 0 radical (unpaired) electrons. The Morgan fingerprint density at radius 3 is 2.19 bits per heavy atom. The molecule has 1 aromatic heterocycles. The number of benzene rings is 3. The van der Waals surface area contributed by atoms with Crippen LogP contribution in [0.4, 0.5) is 30.2 Å². The van der Waals surface area contributed by atoms with Crippen molar-refractivity contribution >= 4 is 28.9 Å². The van der Waals surface area contributed by atoms with E-state index in [0.717, 1.165) is 24.2 Å². The largest absolute Gasteiger partial charge is 0.493 e. The molecule has 2 aliphatic heterocycles. The maximum atomic E-state index is 13.8. The van der Waals surface area contributed by atoms with E-state index in [4.69, 9.17) is 14.2 Å². The van der Waals surface area contributed by atoms with E-state index in [1.165, 1.54) is 51.7 Å². The fraction of sp³-hybridized carbons (Fsp3) is 0.286. The Bertz CT molecular complexity index is 1920. The number of halogens is 3. The molecule has 0 aliphatic carbocycles. The number of amides is 2. The number of piperidine rings is 1. The first-order chi connectivity index (χ1) is 23.0. The van der Waals surface area contributed by atoms with E-state index in [0.29, 0.717) is 36.8 Å². The normalized spacial score (nSPS) is 16.8. The molecule has 1 fully saturated rings. The minimum Gasteiger partial charge on any atom is -0.493 e. The predicted molar refractivity (Wildman–Crippen MR) is 174 cm³/mol.